The molecule has 5 rings (SSSR count). The van der Waals surface area contributed by atoms with Crippen LogP contribution >= 0.6 is 0 Å². The first-order valence-electron chi connectivity index (χ1n) is 11.0. The van der Waals surface area contributed by atoms with Crippen molar-refractivity contribution < 1.29 is 14.6 Å². The Labute approximate surface area is 183 Å². The fourth-order valence-corrected chi connectivity index (χ4v) is 4.93. The summed E-state index contributed by atoms with van der Waals surface area (Å²) >= 11 is 0. The lowest BCUT2D eigenvalue weighted by Crippen LogP contribution is -2.34. The minimum atomic E-state index is -0.0765. The third-order valence-electron chi connectivity index (χ3n) is 6.66. The molecule has 2 atom stereocenters. The number of rotatable bonds is 4. The molecule has 2 heterocycles. The van der Waals surface area contributed by atoms with Crippen molar-refractivity contribution in [3.8, 4) is 5.75 Å². The number of aromatic hydroxyl groups is 1. The zero-order chi connectivity index (χ0) is 21.2. The molecule has 0 radical (unpaired) electrons. The summed E-state index contributed by atoms with van der Waals surface area (Å²) in [7, 11) is 0. The second kappa shape index (κ2) is 8.56. The highest BCUT2D eigenvalue weighted by atomic mass is 16.5. The van der Waals surface area contributed by atoms with Gasteiger partial charge in [-0.2, -0.15) is 0 Å². The maximum atomic E-state index is 11.0. The summed E-state index contributed by atoms with van der Waals surface area (Å²) in [6.07, 6.45) is 2.87. The molecular weight excluding hydrogens is 386 g/mol. The van der Waals surface area contributed by atoms with E-state index in [4.69, 9.17) is 4.74 Å². The first-order valence-corrected chi connectivity index (χ1v) is 11.0. The Morgan fingerprint density at radius 1 is 0.903 bits per heavy atom. The normalized spacial score (nSPS) is 21.5. The zero-order valence-corrected chi connectivity index (χ0v) is 17.5. The molecule has 3 aromatic rings. The van der Waals surface area contributed by atoms with Gasteiger partial charge in [-0.05, 0) is 59.4 Å². The molecule has 4 heteroatoms. The van der Waals surface area contributed by atoms with Crippen LogP contribution in [0.3, 0.4) is 0 Å². The lowest BCUT2D eigenvalue weighted by molar-refractivity contribution is -0.111. The molecule has 3 aromatic carbocycles. The maximum Gasteiger partial charge on any atom is 0.123 e. The van der Waals surface area contributed by atoms with Crippen molar-refractivity contribution in [1.29, 1.82) is 0 Å². The molecule has 158 valence electrons. The number of fused-ring (bicyclic) bond motifs is 1. The monoisotopic (exact) mass is 413 g/mol. The van der Waals surface area contributed by atoms with Gasteiger partial charge in [0.1, 0.15) is 12.0 Å². The van der Waals surface area contributed by atoms with Crippen molar-refractivity contribution in [2.45, 2.75) is 31.5 Å². The van der Waals surface area contributed by atoms with Gasteiger partial charge in [-0.15, -0.1) is 0 Å². The zero-order valence-electron chi connectivity index (χ0n) is 17.5. The highest BCUT2D eigenvalue weighted by Crippen LogP contribution is 2.45. The van der Waals surface area contributed by atoms with Gasteiger partial charge < -0.3 is 19.5 Å². The molecule has 1 N–H and O–H groups in total. The van der Waals surface area contributed by atoms with Gasteiger partial charge >= 0.3 is 0 Å². The van der Waals surface area contributed by atoms with E-state index in [9.17, 15) is 9.90 Å². The molecule has 1 fully saturated rings. The Balaban J connectivity index is 1.47. The number of anilines is 1. The SMILES string of the molecule is O=CC1CCN(c2ccc([C@H]3c4ccc(O)cc4CO[C@H]3c3ccccc3)cc2)CC1. The number of hydrogen-bond donors (Lipinski definition) is 1. The van der Waals surface area contributed by atoms with Crippen molar-refractivity contribution in [2.75, 3.05) is 18.0 Å². The van der Waals surface area contributed by atoms with Crippen LogP contribution < -0.4 is 4.90 Å². The largest absolute Gasteiger partial charge is 0.508 e. The Morgan fingerprint density at radius 2 is 1.65 bits per heavy atom. The summed E-state index contributed by atoms with van der Waals surface area (Å²) in [5, 5.41) is 9.96. The standard InChI is InChI=1S/C27H27NO3/c29-17-19-12-14-28(15-13-19)23-8-6-20(7-9-23)26-25-11-10-24(30)16-22(25)18-31-27(26)21-4-2-1-3-5-21/h1-11,16-17,19,26-27,30H,12-15,18H2/t26-,27-/m0/s1. The quantitative estimate of drug-likeness (QED) is 0.597. The van der Waals surface area contributed by atoms with Crippen LogP contribution in [0, 0.1) is 5.92 Å². The number of hydrogen-bond acceptors (Lipinski definition) is 4. The number of piperidine rings is 1. The molecule has 0 aliphatic carbocycles. The van der Waals surface area contributed by atoms with E-state index in [1.54, 1.807) is 6.07 Å². The molecule has 0 spiro atoms. The molecule has 31 heavy (non-hydrogen) atoms. The number of phenolic OH excluding ortho intramolecular Hbond substituents is 1. The van der Waals surface area contributed by atoms with Gasteiger partial charge in [0.15, 0.2) is 0 Å². The lowest BCUT2D eigenvalue weighted by Gasteiger charge is -2.35. The third kappa shape index (κ3) is 3.96. The summed E-state index contributed by atoms with van der Waals surface area (Å²) in [4.78, 5) is 13.4. The fourth-order valence-electron chi connectivity index (χ4n) is 4.93. The fraction of sp³-hybridized carbons (Fsp3) is 0.296. The first-order chi connectivity index (χ1) is 15.2. The summed E-state index contributed by atoms with van der Waals surface area (Å²) in [6, 6.07) is 24.8. The van der Waals surface area contributed by atoms with Gasteiger partial charge in [0, 0.05) is 30.6 Å². The predicted molar refractivity (Wildman–Crippen MR) is 121 cm³/mol. The van der Waals surface area contributed by atoms with Crippen LogP contribution in [0.5, 0.6) is 5.75 Å². The minimum Gasteiger partial charge on any atom is -0.508 e. The smallest absolute Gasteiger partial charge is 0.123 e. The van der Waals surface area contributed by atoms with Gasteiger partial charge in [0.25, 0.3) is 0 Å². The van der Waals surface area contributed by atoms with Gasteiger partial charge in [0.05, 0.1) is 12.7 Å². The molecular formula is C27H27NO3. The predicted octanol–water partition coefficient (Wildman–Crippen LogP) is 5.21. The number of aldehydes is 1. The number of ether oxygens (including phenoxy) is 1. The second-order valence-electron chi connectivity index (χ2n) is 8.56. The molecule has 0 bridgehead atoms. The van der Waals surface area contributed by atoms with Crippen LogP contribution in [-0.2, 0) is 16.1 Å². The number of nitrogens with zero attached hydrogens (tertiary/aromatic N) is 1. The molecule has 0 aromatic heterocycles. The Hall–Kier alpha value is -3.11. The van der Waals surface area contributed by atoms with E-state index >= 15 is 0 Å². The van der Waals surface area contributed by atoms with Gasteiger partial charge in [-0.1, -0.05) is 48.5 Å². The molecule has 4 nitrogen and oxygen atoms in total. The molecule has 0 unspecified atom stereocenters. The van der Waals surface area contributed by atoms with Crippen LogP contribution in [0.4, 0.5) is 5.69 Å². The van der Waals surface area contributed by atoms with Crippen molar-refractivity contribution >= 4 is 12.0 Å². The van der Waals surface area contributed by atoms with Crippen molar-refractivity contribution in [2.24, 2.45) is 5.92 Å². The average molecular weight is 414 g/mol. The van der Waals surface area contributed by atoms with Gasteiger partial charge in [-0.3, -0.25) is 0 Å². The van der Waals surface area contributed by atoms with Crippen molar-refractivity contribution in [1.82, 2.24) is 0 Å². The number of carbonyl (C=O) groups is 1. The topological polar surface area (TPSA) is 49.8 Å². The van der Waals surface area contributed by atoms with Gasteiger partial charge in [-0.25, -0.2) is 0 Å². The summed E-state index contributed by atoms with van der Waals surface area (Å²) in [6.45, 7) is 2.33. The number of carbonyl (C=O) groups excluding carboxylic acids is 1. The van der Waals surface area contributed by atoms with E-state index in [0.29, 0.717) is 6.61 Å². The summed E-state index contributed by atoms with van der Waals surface area (Å²) in [5.41, 5.74) is 5.81. The molecule has 0 saturated carbocycles. The first kappa shape index (κ1) is 19.8. The molecule has 2 aliphatic rings. The van der Waals surface area contributed by atoms with E-state index in [1.165, 1.54) is 16.8 Å². The average Bonchev–Trinajstić information content (AvgIpc) is 2.84. The minimum absolute atomic E-state index is 0.0570. The van der Waals surface area contributed by atoms with E-state index in [1.807, 2.05) is 30.3 Å². The van der Waals surface area contributed by atoms with Crippen LogP contribution in [0.2, 0.25) is 0 Å². The Bertz CT molecular complexity index is 1040. The van der Waals surface area contributed by atoms with Crippen LogP contribution in [0.15, 0.2) is 72.8 Å². The third-order valence-corrected chi connectivity index (χ3v) is 6.66. The summed E-state index contributed by atoms with van der Waals surface area (Å²) < 4.78 is 6.33. The van der Waals surface area contributed by atoms with Crippen LogP contribution in [-0.4, -0.2) is 24.5 Å². The molecule has 0 amide bonds. The molecule has 1 saturated heterocycles. The number of phenols is 1. The van der Waals surface area contributed by atoms with Gasteiger partial charge in [0.2, 0.25) is 0 Å². The highest BCUT2D eigenvalue weighted by molar-refractivity contribution is 5.56. The van der Waals surface area contributed by atoms with E-state index < -0.39 is 0 Å². The maximum absolute atomic E-state index is 11.0. The van der Waals surface area contributed by atoms with Crippen molar-refractivity contribution in [3.63, 3.8) is 0 Å². The van der Waals surface area contributed by atoms with Crippen molar-refractivity contribution in [3.05, 3.63) is 95.1 Å². The number of benzene rings is 3. The van der Waals surface area contributed by atoms with Crippen LogP contribution in [0.25, 0.3) is 0 Å². The van der Waals surface area contributed by atoms with E-state index in [2.05, 4.69) is 41.3 Å². The summed E-state index contributed by atoms with van der Waals surface area (Å²) in [5.74, 6) is 0.532. The second-order valence-corrected chi connectivity index (χ2v) is 8.56. The van der Waals surface area contributed by atoms with Crippen LogP contribution in [0.1, 0.15) is 47.1 Å². The lowest BCUT2D eigenvalue weighted by atomic mass is 9.79. The highest BCUT2D eigenvalue weighted by Gasteiger charge is 2.33. The van der Waals surface area contributed by atoms with E-state index in [-0.39, 0.29) is 23.7 Å². The Kier molecular flexibility index (Phi) is 5.47. The Morgan fingerprint density at radius 3 is 2.35 bits per heavy atom. The molecule has 2 aliphatic heterocycles. The van der Waals surface area contributed by atoms with E-state index in [0.717, 1.165) is 43.3 Å².